The number of para-hydroxylation sites is 1. The smallest absolute Gasteiger partial charge is 0.367 e. The highest BCUT2D eigenvalue weighted by atomic mass is 19.4. The van der Waals surface area contributed by atoms with Crippen molar-refractivity contribution in [2.24, 2.45) is 11.8 Å². The second-order valence-electron chi connectivity index (χ2n) is 8.55. The SMILES string of the molecule is O=C(C[C@H]1CC[C@H](CCN2CCN(c3ccccc3F)CC2)CC1)NCC(F)(F)F. The Morgan fingerprint density at radius 1 is 1.00 bits per heavy atom. The number of amides is 1. The van der Waals surface area contributed by atoms with Gasteiger partial charge in [-0.15, -0.1) is 0 Å². The number of nitrogens with zero attached hydrogens (tertiary/aromatic N) is 2. The summed E-state index contributed by atoms with van der Waals surface area (Å²) in [5.41, 5.74) is 0.676. The lowest BCUT2D eigenvalue weighted by Gasteiger charge is -2.37. The Kier molecular flexibility index (Phi) is 7.97. The zero-order valence-electron chi connectivity index (χ0n) is 17.3. The van der Waals surface area contributed by atoms with E-state index in [0.717, 1.165) is 64.8 Å². The molecule has 0 aromatic heterocycles. The highest BCUT2D eigenvalue weighted by molar-refractivity contribution is 5.76. The third-order valence-electron chi connectivity index (χ3n) is 6.35. The molecule has 1 aromatic carbocycles. The molecule has 0 spiro atoms. The maximum absolute atomic E-state index is 13.9. The molecule has 2 fully saturated rings. The van der Waals surface area contributed by atoms with Gasteiger partial charge in [0, 0.05) is 32.6 Å². The van der Waals surface area contributed by atoms with E-state index >= 15 is 0 Å². The molecule has 168 valence electrons. The van der Waals surface area contributed by atoms with E-state index in [4.69, 9.17) is 0 Å². The van der Waals surface area contributed by atoms with Gasteiger partial charge >= 0.3 is 6.18 Å². The minimum Gasteiger partial charge on any atom is -0.367 e. The van der Waals surface area contributed by atoms with Crippen LogP contribution in [0.4, 0.5) is 23.2 Å². The summed E-state index contributed by atoms with van der Waals surface area (Å²) >= 11 is 0. The largest absolute Gasteiger partial charge is 0.405 e. The Morgan fingerprint density at radius 2 is 1.63 bits per heavy atom. The molecule has 3 rings (SSSR count). The lowest BCUT2D eigenvalue weighted by atomic mass is 9.79. The van der Waals surface area contributed by atoms with E-state index < -0.39 is 18.6 Å². The van der Waals surface area contributed by atoms with Crippen LogP contribution in [0.3, 0.4) is 0 Å². The monoisotopic (exact) mass is 429 g/mol. The molecule has 1 saturated carbocycles. The van der Waals surface area contributed by atoms with Gasteiger partial charge in [0.05, 0.1) is 5.69 Å². The van der Waals surface area contributed by atoms with Crippen LogP contribution in [0, 0.1) is 17.7 Å². The normalized spacial score (nSPS) is 23.4. The maximum atomic E-state index is 13.9. The van der Waals surface area contributed by atoms with Crippen LogP contribution in [-0.4, -0.2) is 56.3 Å². The first-order chi connectivity index (χ1) is 14.3. The fourth-order valence-corrected chi connectivity index (χ4v) is 4.54. The second kappa shape index (κ2) is 10.5. The molecule has 1 aliphatic carbocycles. The highest BCUT2D eigenvalue weighted by Gasteiger charge is 2.29. The van der Waals surface area contributed by atoms with Gasteiger partial charge < -0.3 is 10.2 Å². The average Bonchev–Trinajstić information content (AvgIpc) is 2.72. The van der Waals surface area contributed by atoms with E-state index in [2.05, 4.69) is 9.80 Å². The number of carbonyl (C=O) groups is 1. The zero-order valence-corrected chi connectivity index (χ0v) is 17.3. The van der Waals surface area contributed by atoms with Crippen LogP contribution in [0.25, 0.3) is 0 Å². The molecule has 4 nitrogen and oxygen atoms in total. The van der Waals surface area contributed by atoms with Crippen molar-refractivity contribution in [3.63, 3.8) is 0 Å². The molecule has 0 radical (unpaired) electrons. The van der Waals surface area contributed by atoms with Crippen molar-refractivity contribution < 1.29 is 22.4 Å². The molecule has 0 bridgehead atoms. The van der Waals surface area contributed by atoms with E-state index in [9.17, 15) is 22.4 Å². The van der Waals surface area contributed by atoms with Crippen molar-refractivity contribution in [2.45, 2.75) is 44.7 Å². The van der Waals surface area contributed by atoms with Crippen molar-refractivity contribution in [3.8, 4) is 0 Å². The van der Waals surface area contributed by atoms with Gasteiger partial charge in [0.2, 0.25) is 5.91 Å². The van der Waals surface area contributed by atoms with Gasteiger partial charge in [-0.05, 0) is 49.8 Å². The number of alkyl halides is 3. The standard InChI is InChI=1S/C22H31F4N3O/c23-19-3-1-2-4-20(19)29-13-11-28(12-14-29)10-9-17-5-7-18(8-6-17)15-21(30)27-16-22(24,25)26/h1-4,17-18H,5-16H2,(H,27,30)/t17-,18-. The molecule has 1 aliphatic heterocycles. The quantitative estimate of drug-likeness (QED) is 0.660. The third-order valence-corrected chi connectivity index (χ3v) is 6.35. The molecular formula is C22H31F4N3O. The molecule has 0 unspecified atom stereocenters. The molecule has 8 heteroatoms. The number of piperazine rings is 1. The molecule has 0 atom stereocenters. The second-order valence-corrected chi connectivity index (χ2v) is 8.55. The number of hydrogen-bond acceptors (Lipinski definition) is 3. The maximum Gasteiger partial charge on any atom is 0.405 e. The summed E-state index contributed by atoms with van der Waals surface area (Å²) in [7, 11) is 0. The Bertz CT molecular complexity index is 681. The van der Waals surface area contributed by atoms with E-state index in [1.807, 2.05) is 17.4 Å². The number of nitrogens with one attached hydrogen (secondary N) is 1. The van der Waals surface area contributed by atoms with Gasteiger partial charge in [-0.1, -0.05) is 25.0 Å². The Hall–Kier alpha value is -1.83. The predicted octanol–water partition coefficient (Wildman–Crippen LogP) is 4.21. The summed E-state index contributed by atoms with van der Waals surface area (Å²) in [6, 6.07) is 6.89. The number of halogens is 4. The summed E-state index contributed by atoms with van der Waals surface area (Å²) < 4.78 is 50.5. The fraction of sp³-hybridized carbons (Fsp3) is 0.682. The zero-order chi connectivity index (χ0) is 21.6. The van der Waals surface area contributed by atoms with Gasteiger partial charge in [-0.3, -0.25) is 9.69 Å². The molecule has 30 heavy (non-hydrogen) atoms. The first kappa shape index (κ1) is 22.8. The predicted molar refractivity (Wildman–Crippen MR) is 109 cm³/mol. The number of anilines is 1. The van der Waals surface area contributed by atoms with Gasteiger partial charge in [-0.25, -0.2) is 4.39 Å². The summed E-state index contributed by atoms with van der Waals surface area (Å²) in [5, 5.41) is 1.97. The Morgan fingerprint density at radius 3 is 2.27 bits per heavy atom. The van der Waals surface area contributed by atoms with Crippen LogP contribution in [-0.2, 0) is 4.79 Å². The molecule has 2 aliphatic rings. The first-order valence-corrected chi connectivity index (χ1v) is 10.9. The molecule has 1 aromatic rings. The van der Waals surface area contributed by atoms with Crippen molar-refractivity contribution in [2.75, 3.05) is 44.2 Å². The minimum absolute atomic E-state index is 0.171. The first-order valence-electron chi connectivity index (χ1n) is 10.9. The minimum atomic E-state index is -4.35. The summed E-state index contributed by atoms with van der Waals surface area (Å²) in [6.45, 7) is 3.26. The van der Waals surface area contributed by atoms with Crippen LogP contribution in [0.2, 0.25) is 0 Å². The van der Waals surface area contributed by atoms with E-state index in [-0.39, 0.29) is 18.2 Å². The Balaban J connectivity index is 1.30. The lowest BCUT2D eigenvalue weighted by molar-refractivity contribution is -0.139. The highest BCUT2D eigenvalue weighted by Crippen LogP contribution is 2.33. The van der Waals surface area contributed by atoms with Gasteiger partial charge in [0.15, 0.2) is 0 Å². The topological polar surface area (TPSA) is 35.6 Å². The third kappa shape index (κ3) is 7.15. The molecular weight excluding hydrogens is 398 g/mol. The fourth-order valence-electron chi connectivity index (χ4n) is 4.54. The number of rotatable bonds is 7. The van der Waals surface area contributed by atoms with Crippen molar-refractivity contribution in [1.82, 2.24) is 10.2 Å². The number of benzene rings is 1. The number of hydrogen-bond donors (Lipinski definition) is 1. The van der Waals surface area contributed by atoms with Crippen LogP contribution in [0.15, 0.2) is 24.3 Å². The van der Waals surface area contributed by atoms with E-state index in [0.29, 0.717) is 11.6 Å². The van der Waals surface area contributed by atoms with Crippen LogP contribution in [0.5, 0.6) is 0 Å². The van der Waals surface area contributed by atoms with Crippen molar-refractivity contribution in [3.05, 3.63) is 30.1 Å². The van der Waals surface area contributed by atoms with E-state index in [1.54, 1.807) is 6.07 Å². The molecule has 1 saturated heterocycles. The van der Waals surface area contributed by atoms with Crippen LogP contribution in [0.1, 0.15) is 38.5 Å². The summed E-state index contributed by atoms with van der Waals surface area (Å²) in [4.78, 5) is 16.2. The van der Waals surface area contributed by atoms with Crippen molar-refractivity contribution >= 4 is 11.6 Å². The summed E-state index contributed by atoms with van der Waals surface area (Å²) in [5.74, 6) is 0.140. The average molecular weight is 430 g/mol. The van der Waals surface area contributed by atoms with Gasteiger partial charge in [0.1, 0.15) is 12.4 Å². The van der Waals surface area contributed by atoms with Crippen LogP contribution >= 0.6 is 0 Å². The van der Waals surface area contributed by atoms with Crippen LogP contribution < -0.4 is 10.2 Å². The molecule has 1 amide bonds. The van der Waals surface area contributed by atoms with Gasteiger partial charge in [0.25, 0.3) is 0 Å². The molecule has 1 heterocycles. The summed E-state index contributed by atoms with van der Waals surface area (Å²) in [6.07, 6.45) is 0.830. The van der Waals surface area contributed by atoms with E-state index in [1.165, 1.54) is 6.07 Å². The molecule has 1 N–H and O–H groups in total. The number of carbonyl (C=O) groups excluding carboxylic acids is 1. The van der Waals surface area contributed by atoms with Gasteiger partial charge in [-0.2, -0.15) is 13.2 Å². The van der Waals surface area contributed by atoms with Crippen molar-refractivity contribution in [1.29, 1.82) is 0 Å². The lowest BCUT2D eigenvalue weighted by Crippen LogP contribution is -2.47. The Labute approximate surface area is 175 Å².